The van der Waals surface area contributed by atoms with Gasteiger partial charge in [-0.2, -0.15) is 0 Å². The van der Waals surface area contributed by atoms with Gasteiger partial charge in [0, 0.05) is 16.6 Å². The SMILES string of the molecule is CCOc1cc(N)cc(Sc2nc3ccccc3[nH]2)c1. The number of rotatable bonds is 4. The molecule has 0 aliphatic carbocycles. The van der Waals surface area contributed by atoms with E-state index in [2.05, 4.69) is 9.97 Å². The van der Waals surface area contributed by atoms with Gasteiger partial charge in [0.05, 0.1) is 17.6 Å². The molecule has 0 amide bonds. The number of nitrogens with one attached hydrogen (secondary N) is 1. The van der Waals surface area contributed by atoms with E-state index >= 15 is 0 Å². The normalized spacial score (nSPS) is 10.8. The summed E-state index contributed by atoms with van der Waals surface area (Å²) in [5, 5.41) is 0.847. The van der Waals surface area contributed by atoms with Crippen LogP contribution in [0.2, 0.25) is 0 Å². The number of para-hydroxylation sites is 2. The lowest BCUT2D eigenvalue weighted by Gasteiger charge is -2.06. The third kappa shape index (κ3) is 2.72. The highest BCUT2D eigenvalue weighted by atomic mass is 32.2. The molecule has 1 heterocycles. The van der Waals surface area contributed by atoms with Crippen LogP contribution in [-0.2, 0) is 0 Å². The van der Waals surface area contributed by atoms with Crippen LogP contribution in [0.15, 0.2) is 52.5 Å². The smallest absolute Gasteiger partial charge is 0.171 e. The molecule has 0 saturated carbocycles. The number of imidazole rings is 1. The molecule has 0 radical (unpaired) electrons. The quantitative estimate of drug-likeness (QED) is 0.717. The number of benzene rings is 2. The third-order valence-corrected chi connectivity index (χ3v) is 3.65. The molecule has 0 fully saturated rings. The van der Waals surface area contributed by atoms with E-state index in [-0.39, 0.29) is 0 Å². The van der Waals surface area contributed by atoms with Crippen molar-refractivity contribution in [2.75, 3.05) is 12.3 Å². The monoisotopic (exact) mass is 285 g/mol. The summed E-state index contributed by atoms with van der Waals surface area (Å²) in [6.07, 6.45) is 0. The summed E-state index contributed by atoms with van der Waals surface area (Å²) in [4.78, 5) is 8.83. The molecular weight excluding hydrogens is 270 g/mol. The summed E-state index contributed by atoms with van der Waals surface area (Å²) >= 11 is 1.54. The first-order valence-electron chi connectivity index (χ1n) is 6.40. The van der Waals surface area contributed by atoms with Crippen LogP contribution in [0.4, 0.5) is 5.69 Å². The Kier molecular flexibility index (Phi) is 3.52. The lowest BCUT2D eigenvalue weighted by atomic mass is 10.3. The molecule has 0 spiro atoms. The fourth-order valence-electron chi connectivity index (χ4n) is 1.99. The van der Waals surface area contributed by atoms with Crippen LogP contribution in [0.5, 0.6) is 5.75 Å². The van der Waals surface area contributed by atoms with Gasteiger partial charge in [-0.15, -0.1) is 0 Å². The Morgan fingerprint density at radius 2 is 2.10 bits per heavy atom. The second kappa shape index (κ2) is 5.46. The van der Waals surface area contributed by atoms with Crippen molar-refractivity contribution in [1.82, 2.24) is 9.97 Å². The van der Waals surface area contributed by atoms with E-state index in [0.717, 1.165) is 26.8 Å². The van der Waals surface area contributed by atoms with Crippen molar-refractivity contribution in [2.45, 2.75) is 17.0 Å². The topological polar surface area (TPSA) is 63.9 Å². The van der Waals surface area contributed by atoms with Crippen molar-refractivity contribution in [3.05, 3.63) is 42.5 Å². The number of hydrogen-bond donors (Lipinski definition) is 2. The van der Waals surface area contributed by atoms with Gasteiger partial charge in [0.1, 0.15) is 5.75 Å². The Balaban J connectivity index is 1.90. The largest absolute Gasteiger partial charge is 0.494 e. The molecule has 20 heavy (non-hydrogen) atoms. The second-order valence-electron chi connectivity index (χ2n) is 4.33. The predicted octanol–water partition coefficient (Wildman–Crippen LogP) is 3.70. The van der Waals surface area contributed by atoms with Gasteiger partial charge >= 0.3 is 0 Å². The number of anilines is 1. The summed E-state index contributed by atoms with van der Waals surface area (Å²) in [7, 11) is 0. The molecule has 102 valence electrons. The van der Waals surface area contributed by atoms with Gasteiger partial charge in [0.25, 0.3) is 0 Å². The van der Waals surface area contributed by atoms with Gasteiger partial charge in [-0.1, -0.05) is 23.9 Å². The van der Waals surface area contributed by atoms with E-state index in [9.17, 15) is 0 Å². The van der Waals surface area contributed by atoms with Crippen LogP contribution in [-0.4, -0.2) is 16.6 Å². The average Bonchev–Trinajstić information content (AvgIpc) is 2.80. The van der Waals surface area contributed by atoms with Gasteiger partial charge in [0.15, 0.2) is 5.16 Å². The number of aromatic nitrogens is 2. The van der Waals surface area contributed by atoms with Crippen LogP contribution in [0.3, 0.4) is 0 Å². The molecule has 0 bridgehead atoms. The molecule has 0 aliphatic heterocycles. The molecule has 0 aliphatic rings. The van der Waals surface area contributed by atoms with E-state index in [1.54, 1.807) is 11.8 Å². The van der Waals surface area contributed by atoms with Gasteiger partial charge in [-0.05, 0) is 31.2 Å². The van der Waals surface area contributed by atoms with Crippen molar-refractivity contribution >= 4 is 28.5 Å². The highest BCUT2D eigenvalue weighted by molar-refractivity contribution is 7.99. The van der Waals surface area contributed by atoms with Crippen LogP contribution in [0, 0.1) is 0 Å². The second-order valence-corrected chi connectivity index (χ2v) is 5.39. The van der Waals surface area contributed by atoms with Crippen molar-refractivity contribution in [1.29, 1.82) is 0 Å². The van der Waals surface area contributed by atoms with Gasteiger partial charge in [0.2, 0.25) is 0 Å². The number of nitrogen functional groups attached to an aromatic ring is 1. The molecule has 2 aromatic carbocycles. The van der Waals surface area contributed by atoms with Crippen LogP contribution in [0.25, 0.3) is 11.0 Å². The minimum Gasteiger partial charge on any atom is -0.494 e. The van der Waals surface area contributed by atoms with Crippen LogP contribution in [0.1, 0.15) is 6.92 Å². The first kappa shape index (κ1) is 12.9. The van der Waals surface area contributed by atoms with E-state index in [1.165, 1.54) is 0 Å². The summed E-state index contributed by atoms with van der Waals surface area (Å²) in [5.41, 5.74) is 8.58. The first-order chi connectivity index (χ1) is 9.74. The minimum absolute atomic E-state index is 0.623. The van der Waals surface area contributed by atoms with Gasteiger partial charge < -0.3 is 15.5 Å². The fraction of sp³-hybridized carbons (Fsp3) is 0.133. The Labute approximate surface area is 121 Å². The van der Waals surface area contributed by atoms with Crippen molar-refractivity contribution in [2.24, 2.45) is 0 Å². The zero-order valence-electron chi connectivity index (χ0n) is 11.1. The Morgan fingerprint density at radius 1 is 1.25 bits per heavy atom. The maximum absolute atomic E-state index is 5.89. The molecule has 0 saturated heterocycles. The van der Waals surface area contributed by atoms with Crippen molar-refractivity contribution < 1.29 is 4.74 Å². The van der Waals surface area contributed by atoms with Crippen LogP contribution < -0.4 is 10.5 Å². The number of ether oxygens (including phenoxy) is 1. The summed E-state index contributed by atoms with van der Waals surface area (Å²) in [6.45, 7) is 2.58. The number of nitrogens with two attached hydrogens (primary N) is 1. The van der Waals surface area contributed by atoms with Gasteiger partial charge in [-0.25, -0.2) is 4.98 Å². The molecule has 3 aromatic rings. The molecular formula is C15H15N3OS. The standard InChI is InChI=1S/C15H15N3OS/c1-2-19-11-7-10(16)8-12(9-11)20-15-17-13-5-3-4-6-14(13)18-15/h3-9H,2,16H2,1H3,(H,17,18). The Morgan fingerprint density at radius 3 is 2.90 bits per heavy atom. The van der Waals surface area contributed by atoms with Crippen molar-refractivity contribution in [3.8, 4) is 5.75 Å². The van der Waals surface area contributed by atoms with E-state index in [1.807, 2.05) is 49.4 Å². The molecule has 1 aromatic heterocycles. The minimum atomic E-state index is 0.623. The highest BCUT2D eigenvalue weighted by Gasteiger charge is 2.06. The summed E-state index contributed by atoms with van der Waals surface area (Å²) in [6, 6.07) is 13.7. The first-order valence-corrected chi connectivity index (χ1v) is 7.22. The molecule has 3 rings (SSSR count). The van der Waals surface area contributed by atoms with Gasteiger partial charge in [-0.3, -0.25) is 0 Å². The number of nitrogens with zero attached hydrogens (tertiary/aromatic N) is 1. The lowest BCUT2D eigenvalue weighted by molar-refractivity contribution is 0.339. The third-order valence-electron chi connectivity index (χ3n) is 2.80. The highest BCUT2D eigenvalue weighted by Crippen LogP contribution is 2.31. The summed E-state index contributed by atoms with van der Waals surface area (Å²) < 4.78 is 5.50. The molecule has 0 unspecified atom stereocenters. The Hall–Kier alpha value is -2.14. The number of hydrogen-bond acceptors (Lipinski definition) is 4. The predicted molar refractivity (Wildman–Crippen MR) is 82.2 cm³/mol. The Bertz CT molecular complexity index is 706. The average molecular weight is 285 g/mol. The van der Waals surface area contributed by atoms with Crippen molar-refractivity contribution in [3.63, 3.8) is 0 Å². The lowest BCUT2D eigenvalue weighted by Crippen LogP contribution is -1.93. The number of aromatic amines is 1. The molecule has 3 N–H and O–H groups in total. The van der Waals surface area contributed by atoms with E-state index in [4.69, 9.17) is 10.5 Å². The fourth-order valence-corrected chi connectivity index (χ4v) is 2.89. The zero-order valence-corrected chi connectivity index (χ0v) is 11.9. The maximum atomic E-state index is 5.89. The zero-order chi connectivity index (χ0) is 13.9. The molecule has 0 atom stereocenters. The molecule has 4 nitrogen and oxygen atoms in total. The molecule has 5 heteroatoms. The summed E-state index contributed by atoms with van der Waals surface area (Å²) in [5.74, 6) is 0.783. The van der Waals surface area contributed by atoms with E-state index < -0.39 is 0 Å². The maximum Gasteiger partial charge on any atom is 0.171 e. The van der Waals surface area contributed by atoms with Crippen LogP contribution >= 0.6 is 11.8 Å². The van der Waals surface area contributed by atoms with E-state index in [0.29, 0.717) is 12.3 Å². The number of fused-ring (bicyclic) bond motifs is 1. The number of H-pyrrole nitrogens is 1.